The van der Waals surface area contributed by atoms with Gasteiger partial charge in [-0.15, -0.1) is 0 Å². The Kier molecular flexibility index (Phi) is 5.63. The molecular formula is C16H21NO4S. The molecule has 1 N–H and O–H groups in total. The smallest absolute Gasteiger partial charge is 0.240 e. The van der Waals surface area contributed by atoms with Gasteiger partial charge >= 0.3 is 0 Å². The molecule has 0 spiro atoms. The summed E-state index contributed by atoms with van der Waals surface area (Å²) < 4.78 is 37.7. The van der Waals surface area contributed by atoms with Gasteiger partial charge in [0.15, 0.2) is 0 Å². The lowest BCUT2D eigenvalue weighted by atomic mass is 10.1. The summed E-state index contributed by atoms with van der Waals surface area (Å²) in [6.45, 7) is 4.46. The van der Waals surface area contributed by atoms with Crippen molar-refractivity contribution in [1.29, 1.82) is 0 Å². The molecule has 0 saturated carbocycles. The van der Waals surface area contributed by atoms with Gasteiger partial charge in [0, 0.05) is 6.04 Å². The maximum Gasteiger partial charge on any atom is 0.240 e. The van der Waals surface area contributed by atoms with Gasteiger partial charge in [-0.05, 0) is 55.7 Å². The summed E-state index contributed by atoms with van der Waals surface area (Å²) in [7, 11) is -3.54. The molecule has 0 radical (unpaired) electrons. The zero-order chi connectivity index (χ0) is 16.0. The Morgan fingerprint density at radius 1 is 1.23 bits per heavy atom. The second kappa shape index (κ2) is 7.47. The summed E-state index contributed by atoms with van der Waals surface area (Å²) in [5.74, 6) is 0.673. The monoisotopic (exact) mass is 323 g/mol. The van der Waals surface area contributed by atoms with Crippen molar-refractivity contribution >= 4 is 10.0 Å². The Hall–Kier alpha value is -1.79. The summed E-state index contributed by atoms with van der Waals surface area (Å²) in [4.78, 5) is 0.232. The van der Waals surface area contributed by atoms with Gasteiger partial charge in [0.25, 0.3) is 0 Å². The topological polar surface area (TPSA) is 68.5 Å². The average Bonchev–Trinajstić information content (AvgIpc) is 2.97. The fourth-order valence-corrected chi connectivity index (χ4v) is 3.32. The molecule has 120 valence electrons. The van der Waals surface area contributed by atoms with Crippen LogP contribution < -0.4 is 9.46 Å². The van der Waals surface area contributed by atoms with Gasteiger partial charge in [0.05, 0.1) is 24.0 Å². The van der Waals surface area contributed by atoms with Crippen LogP contribution in [0.15, 0.2) is 52.2 Å². The second-order valence-corrected chi connectivity index (χ2v) is 6.89. The van der Waals surface area contributed by atoms with E-state index in [0.29, 0.717) is 18.8 Å². The molecule has 0 aliphatic rings. The molecule has 0 amide bonds. The van der Waals surface area contributed by atoms with Crippen molar-refractivity contribution in [3.63, 3.8) is 0 Å². The van der Waals surface area contributed by atoms with Crippen LogP contribution in [-0.2, 0) is 16.4 Å². The zero-order valence-electron chi connectivity index (χ0n) is 12.8. The lowest BCUT2D eigenvalue weighted by molar-refractivity contribution is 0.317. The Balaban J connectivity index is 2.00. The molecule has 2 rings (SSSR count). The number of furan rings is 1. The first-order valence-corrected chi connectivity index (χ1v) is 8.76. The molecule has 2 aromatic rings. The van der Waals surface area contributed by atoms with Crippen molar-refractivity contribution in [2.45, 2.75) is 37.6 Å². The molecule has 1 aromatic heterocycles. The van der Waals surface area contributed by atoms with E-state index < -0.39 is 10.0 Å². The third-order valence-corrected chi connectivity index (χ3v) is 4.69. The second-order valence-electron chi connectivity index (χ2n) is 5.18. The zero-order valence-corrected chi connectivity index (χ0v) is 13.6. The number of hydrogen-bond acceptors (Lipinski definition) is 4. The van der Waals surface area contributed by atoms with E-state index in [4.69, 9.17) is 9.15 Å². The number of benzene rings is 1. The van der Waals surface area contributed by atoms with Crippen LogP contribution in [0.1, 0.15) is 25.8 Å². The minimum Gasteiger partial charge on any atom is -0.494 e. The highest BCUT2D eigenvalue weighted by atomic mass is 32.2. The first-order chi connectivity index (χ1) is 10.5. The molecule has 0 aliphatic heterocycles. The summed E-state index contributed by atoms with van der Waals surface area (Å²) >= 11 is 0. The fraction of sp³-hybridized carbons (Fsp3) is 0.375. The van der Waals surface area contributed by atoms with E-state index in [9.17, 15) is 8.42 Å². The fourth-order valence-electron chi connectivity index (χ4n) is 2.07. The normalized spacial score (nSPS) is 13.0. The van der Waals surface area contributed by atoms with Crippen LogP contribution in [0, 0.1) is 0 Å². The van der Waals surface area contributed by atoms with E-state index in [2.05, 4.69) is 4.72 Å². The molecular weight excluding hydrogens is 302 g/mol. The van der Waals surface area contributed by atoms with Gasteiger partial charge in [-0.1, -0.05) is 6.92 Å². The van der Waals surface area contributed by atoms with E-state index in [-0.39, 0.29) is 10.9 Å². The molecule has 0 bridgehead atoms. The molecule has 1 atom stereocenters. The van der Waals surface area contributed by atoms with Crippen LogP contribution in [0.2, 0.25) is 0 Å². The summed E-state index contributed by atoms with van der Waals surface area (Å²) in [5, 5.41) is 0. The lowest BCUT2D eigenvalue weighted by Crippen LogP contribution is -2.34. The molecule has 0 fully saturated rings. The summed E-state index contributed by atoms with van der Waals surface area (Å²) in [6, 6.07) is 8.05. The molecule has 1 aromatic carbocycles. The Bertz CT molecular complexity index is 663. The summed E-state index contributed by atoms with van der Waals surface area (Å²) in [5.41, 5.74) is 0.957. The van der Waals surface area contributed by atoms with Crippen LogP contribution >= 0.6 is 0 Å². The number of rotatable bonds is 8. The highest BCUT2D eigenvalue weighted by Crippen LogP contribution is 2.17. The van der Waals surface area contributed by atoms with Crippen LogP contribution in [0.25, 0.3) is 0 Å². The Morgan fingerprint density at radius 3 is 2.55 bits per heavy atom. The van der Waals surface area contributed by atoms with Crippen molar-refractivity contribution in [2.75, 3.05) is 6.61 Å². The van der Waals surface area contributed by atoms with Crippen LogP contribution in [0.5, 0.6) is 5.75 Å². The average molecular weight is 323 g/mol. The molecule has 5 nitrogen and oxygen atoms in total. The number of sulfonamides is 1. The van der Waals surface area contributed by atoms with Gasteiger partial charge in [-0.2, -0.15) is 0 Å². The quantitative estimate of drug-likeness (QED) is 0.811. The van der Waals surface area contributed by atoms with Crippen LogP contribution in [-0.4, -0.2) is 21.1 Å². The Labute approximate surface area is 131 Å². The first-order valence-electron chi connectivity index (χ1n) is 7.27. The van der Waals surface area contributed by atoms with E-state index in [1.165, 1.54) is 0 Å². The minimum atomic E-state index is -3.54. The van der Waals surface area contributed by atoms with Gasteiger partial charge in [-0.25, -0.2) is 13.1 Å². The van der Waals surface area contributed by atoms with Gasteiger partial charge in [-0.3, -0.25) is 0 Å². The maximum absolute atomic E-state index is 12.3. The standard InChI is InChI=1S/C16H21NO4S/c1-3-9-21-15-4-6-16(7-5-15)22(18,19)17-13(2)11-14-8-10-20-12-14/h4-8,10,12-13,17H,3,9,11H2,1-2H3/t13-/m0/s1. The predicted octanol–water partition coefficient (Wildman–Crippen LogP) is 2.98. The lowest BCUT2D eigenvalue weighted by Gasteiger charge is -2.13. The first kappa shape index (κ1) is 16.6. The number of hydrogen-bond donors (Lipinski definition) is 1. The van der Waals surface area contributed by atoms with Crippen molar-refractivity contribution in [3.8, 4) is 5.75 Å². The van der Waals surface area contributed by atoms with E-state index in [0.717, 1.165) is 12.0 Å². The van der Waals surface area contributed by atoms with E-state index in [1.807, 2.05) is 19.9 Å². The van der Waals surface area contributed by atoms with Gasteiger partial charge in [0.2, 0.25) is 10.0 Å². The van der Waals surface area contributed by atoms with Crippen LogP contribution in [0.3, 0.4) is 0 Å². The third-order valence-electron chi connectivity index (χ3n) is 3.09. The van der Waals surface area contributed by atoms with Crippen LogP contribution in [0.4, 0.5) is 0 Å². The highest BCUT2D eigenvalue weighted by molar-refractivity contribution is 7.89. The van der Waals surface area contributed by atoms with Crippen molar-refractivity contribution < 1.29 is 17.6 Å². The molecule has 1 heterocycles. The molecule has 0 unspecified atom stereocenters. The third kappa shape index (κ3) is 4.61. The Morgan fingerprint density at radius 2 is 1.95 bits per heavy atom. The van der Waals surface area contributed by atoms with E-state index in [1.54, 1.807) is 36.8 Å². The highest BCUT2D eigenvalue weighted by Gasteiger charge is 2.17. The predicted molar refractivity (Wildman–Crippen MR) is 84.4 cm³/mol. The molecule has 0 saturated heterocycles. The largest absolute Gasteiger partial charge is 0.494 e. The van der Waals surface area contributed by atoms with Gasteiger partial charge in [0.1, 0.15) is 5.75 Å². The maximum atomic E-state index is 12.3. The van der Waals surface area contributed by atoms with Gasteiger partial charge < -0.3 is 9.15 Å². The number of nitrogens with one attached hydrogen (secondary N) is 1. The van der Waals surface area contributed by atoms with Crippen molar-refractivity contribution in [3.05, 3.63) is 48.4 Å². The van der Waals surface area contributed by atoms with E-state index >= 15 is 0 Å². The SMILES string of the molecule is CCCOc1ccc(S(=O)(=O)N[C@@H](C)Cc2ccoc2)cc1. The molecule has 0 aliphatic carbocycles. The van der Waals surface area contributed by atoms with Crippen molar-refractivity contribution in [1.82, 2.24) is 4.72 Å². The molecule has 6 heteroatoms. The van der Waals surface area contributed by atoms with Crippen molar-refractivity contribution in [2.24, 2.45) is 0 Å². The summed E-state index contributed by atoms with van der Waals surface area (Å²) in [6.07, 6.45) is 4.68. The molecule has 22 heavy (non-hydrogen) atoms. The minimum absolute atomic E-state index is 0.224. The number of ether oxygens (including phenoxy) is 1.